The molecule has 10 heavy (non-hydrogen) atoms. The number of hydrogen-bond donors (Lipinski definition) is 1. The first-order chi connectivity index (χ1) is 4.77. The SMILES string of the molecule is CCCC[CH]CNC(C)=O. The van der Waals surface area contributed by atoms with E-state index in [1.165, 1.54) is 19.8 Å². The Morgan fingerprint density at radius 2 is 2.30 bits per heavy atom. The fraction of sp³-hybridized carbons (Fsp3) is 0.750. The number of hydrogen-bond acceptors (Lipinski definition) is 1. The normalized spacial score (nSPS) is 9.40. The van der Waals surface area contributed by atoms with Gasteiger partial charge in [0.1, 0.15) is 0 Å². The van der Waals surface area contributed by atoms with Crippen molar-refractivity contribution in [2.75, 3.05) is 6.54 Å². The van der Waals surface area contributed by atoms with Crippen LogP contribution >= 0.6 is 0 Å². The highest BCUT2D eigenvalue weighted by Crippen LogP contribution is 1.95. The molecule has 59 valence electrons. The van der Waals surface area contributed by atoms with Crippen LogP contribution in [0.2, 0.25) is 0 Å². The molecule has 0 saturated carbocycles. The predicted octanol–water partition coefficient (Wildman–Crippen LogP) is 1.52. The van der Waals surface area contributed by atoms with E-state index in [-0.39, 0.29) is 5.91 Å². The summed E-state index contributed by atoms with van der Waals surface area (Å²) >= 11 is 0. The quantitative estimate of drug-likeness (QED) is 0.579. The lowest BCUT2D eigenvalue weighted by molar-refractivity contribution is -0.118. The highest BCUT2D eigenvalue weighted by Gasteiger charge is 1.89. The summed E-state index contributed by atoms with van der Waals surface area (Å²) in [7, 11) is 0. The summed E-state index contributed by atoms with van der Waals surface area (Å²) in [5.41, 5.74) is 0. The highest BCUT2D eigenvalue weighted by atomic mass is 16.1. The van der Waals surface area contributed by atoms with Gasteiger partial charge in [0.15, 0.2) is 0 Å². The van der Waals surface area contributed by atoms with Gasteiger partial charge >= 0.3 is 0 Å². The van der Waals surface area contributed by atoms with Crippen molar-refractivity contribution in [1.82, 2.24) is 5.32 Å². The second-order valence-electron chi connectivity index (χ2n) is 2.37. The van der Waals surface area contributed by atoms with Gasteiger partial charge in [0.05, 0.1) is 0 Å². The monoisotopic (exact) mass is 142 g/mol. The molecule has 1 N–H and O–H groups in total. The maximum absolute atomic E-state index is 10.3. The van der Waals surface area contributed by atoms with Crippen molar-refractivity contribution in [2.45, 2.75) is 33.1 Å². The highest BCUT2D eigenvalue weighted by molar-refractivity contribution is 5.72. The van der Waals surface area contributed by atoms with Gasteiger partial charge in [-0.3, -0.25) is 4.79 Å². The van der Waals surface area contributed by atoms with Gasteiger partial charge in [0, 0.05) is 13.5 Å². The molecule has 0 bridgehead atoms. The largest absolute Gasteiger partial charge is 0.356 e. The van der Waals surface area contributed by atoms with Gasteiger partial charge in [-0.2, -0.15) is 0 Å². The molecule has 1 amide bonds. The van der Waals surface area contributed by atoms with Crippen LogP contribution in [0.25, 0.3) is 0 Å². The van der Waals surface area contributed by atoms with E-state index in [4.69, 9.17) is 0 Å². The number of carbonyl (C=O) groups excluding carboxylic acids is 1. The standard InChI is InChI=1S/C8H16NO/c1-3-4-5-6-7-9-8(2)10/h6H,3-5,7H2,1-2H3,(H,9,10). The third-order valence-electron chi connectivity index (χ3n) is 1.26. The summed E-state index contributed by atoms with van der Waals surface area (Å²) in [6, 6.07) is 0. The summed E-state index contributed by atoms with van der Waals surface area (Å²) in [6.45, 7) is 4.41. The molecule has 0 aromatic rings. The maximum atomic E-state index is 10.3. The van der Waals surface area contributed by atoms with E-state index in [1.807, 2.05) is 0 Å². The van der Waals surface area contributed by atoms with Crippen LogP contribution < -0.4 is 5.32 Å². The summed E-state index contributed by atoms with van der Waals surface area (Å²) in [5.74, 6) is 0.0488. The van der Waals surface area contributed by atoms with Crippen molar-refractivity contribution in [1.29, 1.82) is 0 Å². The molecule has 0 fully saturated rings. The molecule has 0 aliphatic heterocycles. The molecule has 0 spiro atoms. The number of rotatable bonds is 5. The first kappa shape index (κ1) is 9.47. The molecular weight excluding hydrogens is 126 g/mol. The Morgan fingerprint density at radius 3 is 2.80 bits per heavy atom. The van der Waals surface area contributed by atoms with E-state index in [0.717, 1.165) is 13.0 Å². The van der Waals surface area contributed by atoms with E-state index >= 15 is 0 Å². The molecule has 2 heteroatoms. The lowest BCUT2D eigenvalue weighted by Gasteiger charge is -1.99. The van der Waals surface area contributed by atoms with Crippen LogP contribution in [0.4, 0.5) is 0 Å². The zero-order valence-electron chi connectivity index (χ0n) is 6.81. The maximum Gasteiger partial charge on any atom is 0.216 e. The number of unbranched alkanes of at least 4 members (excludes halogenated alkanes) is 3. The van der Waals surface area contributed by atoms with Crippen molar-refractivity contribution in [3.8, 4) is 0 Å². The minimum Gasteiger partial charge on any atom is -0.356 e. The third kappa shape index (κ3) is 7.47. The van der Waals surface area contributed by atoms with Gasteiger partial charge in [0.2, 0.25) is 5.91 Å². The van der Waals surface area contributed by atoms with Crippen molar-refractivity contribution in [3.05, 3.63) is 6.42 Å². The van der Waals surface area contributed by atoms with Crippen LogP contribution in [-0.2, 0) is 4.79 Å². The van der Waals surface area contributed by atoms with Crippen LogP contribution in [0.5, 0.6) is 0 Å². The average Bonchev–Trinajstić information content (AvgIpc) is 1.87. The molecule has 0 aromatic heterocycles. The number of amides is 1. The molecule has 2 nitrogen and oxygen atoms in total. The molecule has 0 aliphatic carbocycles. The summed E-state index contributed by atoms with van der Waals surface area (Å²) in [5, 5.41) is 2.71. The zero-order chi connectivity index (χ0) is 7.82. The molecule has 0 unspecified atom stereocenters. The predicted molar refractivity (Wildman–Crippen MR) is 42.5 cm³/mol. The Morgan fingerprint density at radius 1 is 1.60 bits per heavy atom. The van der Waals surface area contributed by atoms with Gasteiger partial charge in [-0.1, -0.05) is 19.8 Å². The summed E-state index contributed by atoms with van der Waals surface area (Å²) in [4.78, 5) is 10.3. The Balaban J connectivity index is 2.84. The molecule has 0 aliphatic rings. The molecule has 0 aromatic carbocycles. The molecule has 1 radical (unpaired) electrons. The van der Waals surface area contributed by atoms with Crippen molar-refractivity contribution in [3.63, 3.8) is 0 Å². The molecular formula is C8H16NO. The average molecular weight is 142 g/mol. The lowest BCUT2D eigenvalue weighted by atomic mass is 10.2. The van der Waals surface area contributed by atoms with Gasteiger partial charge < -0.3 is 5.32 Å². The summed E-state index contributed by atoms with van der Waals surface area (Å²) < 4.78 is 0. The minimum atomic E-state index is 0.0488. The number of nitrogens with one attached hydrogen (secondary N) is 1. The van der Waals surface area contributed by atoms with Gasteiger partial charge in [-0.15, -0.1) is 0 Å². The Hall–Kier alpha value is -0.530. The molecule has 0 atom stereocenters. The van der Waals surface area contributed by atoms with Gasteiger partial charge in [0.25, 0.3) is 0 Å². The van der Waals surface area contributed by atoms with E-state index in [9.17, 15) is 4.79 Å². The topological polar surface area (TPSA) is 29.1 Å². The minimum absolute atomic E-state index is 0.0488. The van der Waals surface area contributed by atoms with Crippen LogP contribution in [0.3, 0.4) is 0 Å². The van der Waals surface area contributed by atoms with Crippen LogP contribution in [0, 0.1) is 6.42 Å². The molecule has 0 rings (SSSR count). The van der Waals surface area contributed by atoms with Crippen LogP contribution in [0.1, 0.15) is 33.1 Å². The Labute approximate surface area is 63.0 Å². The fourth-order valence-electron chi connectivity index (χ4n) is 0.666. The lowest BCUT2D eigenvalue weighted by Crippen LogP contribution is -2.20. The smallest absolute Gasteiger partial charge is 0.216 e. The zero-order valence-corrected chi connectivity index (χ0v) is 6.81. The van der Waals surface area contributed by atoms with Crippen molar-refractivity contribution >= 4 is 5.91 Å². The Kier molecular flexibility index (Phi) is 6.24. The van der Waals surface area contributed by atoms with Gasteiger partial charge in [-0.05, 0) is 12.8 Å². The third-order valence-corrected chi connectivity index (χ3v) is 1.26. The van der Waals surface area contributed by atoms with Crippen LogP contribution in [0.15, 0.2) is 0 Å². The van der Waals surface area contributed by atoms with E-state index < -0.39 is 0 Å². The fourth-order valence-corrected chi connectivity index (χ4v) is 0.666. The second kappa shape index (κ2) is 6.59. The number of carbonyl (C=O) groups is 1. The van der Waals surface area contributed by atoms with Crippen molar-refractivity contribution in [2.24, 2.45) is 0 Å². The van der Waals surface area contributed by atoms with E-state index in [0.29, 0.717) is 0 Å². The summed E-state index contributed by atoms with van der Waals surface area (Å²) in [6.07, 6.45) is 5.65. The Bertz CT molecular complexity index is 91.3. The van der Waals surface area contributed by atoms with Crippen molar-refractivity contribution < 1.29 is 4.79 Å². The van der Waals surface area contributed by atoms with Gasteiger partial charge in [-0.25, -0.2) is 0 Å². The van der Waals surface area contributed by atoms with E-state index in [2.05, 4.69) is 18.7 Å². The molecule has 0 saturated heterocycles. The second-order valence-corrected chi connectivity index (χ2v) is 2.37. The first-order valence-electron chi connectivity index (χ1n) is 3.83. The van der Waals surface area contributed by atoms with E-state index in [1.54, 1.807) is 0 Å². The molecule has 0 heterocycles. The first-order valence-corrected chi connectivity index (χ1v) is 3.83. The van der Waals surface area contributed by atoms with Crippen LogP contribution in [-0.4, -0.2) is 12.5 Å².